The third-order valence-corrected chi connectivity index (χ3v) is 2.84. The highest BCUT2D eigenvalue weighted by atomic mass is 32.1. The molecular weight excluding hydrogens is 180 g/mol. The Morgan fingerprint density at radius 3 is 2.69 bits per heavy atom. The molecule has 0 atom stereocenters. The molecule has 13 heavy (non-hydrogen) atoms. The summed E-state index contributed by atoms with van der Waals surface area (Å²) in [6, 6.07) is 8.19. The minimum absolute atomic E-state index is 0.763. The van der Waals surface area contributed by atoms with E-state index < -0.39 is 0 Å². The maximum absolute atomic E-state index is 5.79. The summed E-state index contributed by atoms with van der Waals surface area (Å²) in [5.74, 6) is 0. The molecule has 0 aliphatic heterocycles. The van der Waals surface area contributed by atoms with Gasteiger partial charge in [0.1, 0.15) is 0 Å². The Kier molecular flexibility index (Phi) is 2.02. The minimum Gasteiger partial charge on any atom is -0.396 e. The van der Waals surface area contributed by atoms with Crippen molar-refractivity contribution in [2.45, 2.75) is 6.92 Å². The summed E-state index contributed by atoms with van der Waals surface area (Å²) in [6.07, 6.45) is 1.70. The standard InChI is InChI=1S/C10H10N2S/c1-7-4-2-3-5-8(7)10-9(11)6-12-13-10/h2-6H,11H2,1H3. The van der Waals surface area contributed by atoms with Gasteiger partial charge in [0.2, 0.25) is 0 Å². The highest BCUT2D eigenvalue weighted by molar-refractivity contribution is 7.10. The van der Waals surface area contributed by atoms with E-state index in [0.29, 0.717) is 0 Å². The summed E-state index contributed by atoms with van der Waals surface area (Å²) < 4.78 is 4.06. The van der Waals surface area contributed by atoms with Crippen molar-refractivity contribution in [3.05, 3.63) is 36.0 Å². The molecule has 0 bridgehead atoms. The second-order valence-corrected chi connectivity index (χ2v) is 3.73. The van der Waals surface area contributed by atoms with Crippen LogP contribution in [-0.4, -0.2) is 4.37 Å². The molecule has 0 radical (unpaired) electrons. The fourth-order valence-corrected chi connectivity index (χ4v) is 2.04. The Morgan fingerprint density at radius 1 is 1.31 bits per heavy atom. The molecule has 2 N–H and O–H groups in total. The lowest BCUT2D eigenvalue weighted by atomic mass is 10.1. The molecule has 0 fully saturated rings. The first-order valence-electron chi connectivity index (χ1n) is 4.05. The number of nitrogens with two attached hydrogens (primary N) is 1. The number of benzene rings is 1. The number of anilines is 1. The molecule has 0 aliphatic rings. The number of aryl methyl sites for hydroxylation is 1. The van der Waals surface area contributed by atoms with E-state index in [1.54, 1.807) is 6.20 Å². The summed E-state index contributed by atoms with van der Waals surface area (Å²) >= 11 is 1.44. The van der Waals surface area contributed by atoms with E-state index >= 15 is 0 Å². The van der Waals surface area contributed by atoms with Gasteiger partial charge in [-0.05, 0) is 29.6 Å². The number of nitrogen functional groups attached to an aromatic ring is 1. The molecule has 0 amide bonds. The number of hydrogen-bond acceptors (Lipinski definition) is 3. The van der Waals surface area contributed by atoms with Crippen LogP contribution >= 0.6 is 11.5 Å². The van der Waals surface area contributed by atoms with Crippen LogP contribution in [0.25, 0.3) is 10.4 Å². The van der Waals surface area contributed by atoms with Crippen molar-refractivity contribution in [1.29, 1.82) is 0 Å². The summed E-state index contributed by atoms with van der Waals surface area (Å²) in [5.41, 5.74) is 8.97. The molecule has 66 valence electrons. The Bertz CT molecular complexity index is 420. The van der Waals surface area contributed by atoms with E-state index in [0.717, 1.165) is 10.6 Å². The van der Waals surface area contributed by atoms with Crippen LogP contribution in [0.1, 0.15) is 5.56 Å². The van der Waals surface area contributed by atoms with Gasteiger partial charge in [0.05, 0.1) is 16.8 Å². The third kappa shape index (κ3) is 1.42. The lowest BCUT2D eigenvalue weighted by molar-refractivity contribution is 1.48. The minimum atomic E-state index is 0.763. The molecule has 2 rings (SSSR count). The van der Waals surface area contributed by atoms with Gasteiger partial charge in [-0.2, -0.15) is 4.37 Å². The van der Waals surface area contributed by atoms with Gasteiger partial charge in [0.25, 0.3) is 0 Å². The predicted molar refractivity (Wildman–Crippen MR) is 56.7 cm³/mol. The predicted octanol–water partition coefficient (Wildman–Crippen LogP) is 2.70. The zero-order valence-corrected chi connectivity index (χ0v) is 8.14. The molecule has 0 spiro atoms. The normalized spacial score (nSPS) is 10.2. The first-order valence-corrected chi connectivity index (χ1v) is 4.82. The Balaban J connectivity index is 2.59. The van der Waals surface area contributed by atoms with Gasteiger partial charge in [0.15, 0.2) is 0 Å². The van der Waals surface area contributed by atoms with Gasteiger partial charge in [-0.25, -0.2) is 0 Å². The van der Waals surface area contributed by atoms with Crippen molar-refractivity contribution in [1.82, 2.24) is 4.37 Å². The molecule has 3 heteroatoms. The van der Waals surface area contributed by atoms with Gasteiger partial charge in [-0.3, -0.25) is 0 Å². The van der Waals surface area contributed by atoms with Crippen molar-refractivity contribution in [3.63, 3.8) is 0 Å². The highest BCUT2D eigenvalue weighted by Gasteiger charge is 2.06. The lowest BCUT2D eigenvalue weighted by Crippen LogP contribution is -1.85. The maximum atomic E-state index is 5.79. The second kappa shape index (κ2) is 3.18. The molecule has 0 unspecified atom stereocenters. The number of aromatic nitrogens is 1. The van der Waals surface area contributed by atoms with E-state index in [4.69, 9.17) is 5.73 Å². The van der Waals surface area contributed by atoms with E-state index in [2.05, 4.69) is 23.4 Å². The summed E-state index contributed by atoms with van der Waals surface area (Å²) in [4.78, 5) is 1.07. The van der Waals surface area contributed by atoms with Crippen LogP contribution in [0.2, 0.25) is 0 Å². The van der Waals surface area contributed by atoms with Crippen LogP contribution in [-0.2, 0) is 0 Å². The second-order valence-electron chi connectivity index (χ2n) is 2.93. The van der Waals surface area contributed by atoms with Crippen molar-refractivity contribution in [3.8, 4) is 10.4 Å². The molecule has 0 aliphatic carbocycles. The monoisotopic (exact) mass is 190 g/mol. The van der Waals surface area contributed by atoms with E-state index in [1.165, 1.54) is 22.7 Å². The van der Waals surface area contributed by atoms with E-state index in [-0.39, 0.29) is 0 Å². The fraction of sp³-hybridized carbons (Fsp3) is 0.100. The van der Waals surface area contributed by atoms with Crippen LogP contribution in [0.3, 0.4) is 0 Å². The topological polar surface area (TPSA) is 38.9 Å². The van der Waals surface area contributed by atoms with Gasteiger partial charge >= 0.3 is 0 Å². The molecule has 2 aromatic rings. The van der Waals surface area contributed by atoms with Crippen LogP contribution < -0.4 is 5.73 Å². The number of rotatable bonds is 1. The lowest BCUT2D eigenvalue weighted by Gasteiger charge is -2.02. The highest BCUT2D eigenvalue weighted by Crippen LogP contribution is 2.31. The zero-order valence-electron chi connectivity index (χ0n) is 7.32. The largest absolute Gasteiger partial charge is 0.396 e. The van der Waals surface area contributed by atoms with Crippen LogP contribution in [0, 0.1) is 6.92 Å². The van der Waals surface area contributed by atoms with E-state index in [1.807, 2.05) is 12.1 Å². The van der Waals surface area contributed by atoms with Crippen molar-refractivity contribution in [2.75, 3.05) is 5.73 Å². The molecule has 1 heterocycles. The Hall–Kier alpha value is -1.35. The first kappa shape index (κ1) is 8.26. The average molecular weight is 190 g/mol. The van der Waals surface area contributed by atoms with Gasteiger partial charge in [-0.15, -0.1) is 0 Å². The van der Waals surface area contributed by atoms with Gasteiger partial charge in [0, 0.05) is 0 Å². The van der Waals surface area contributed by atoms with Crippen molar-refractivity contribution >= 4 is 17.2 Å². The molecule has 0 saturated carbocycles. The SMILES string of the molecule is Cc1ccccc1-c1sncc1N. The fourth-order valence-electron chi connectivity index (χ4n) is 1.28. The summed E-state index contributed by atoms with van der Waals surface area (Å²) in [7, 11) is 0. The van der Waals surface area contributed by atoms with Crippen molar-refractivity contribution < 1.29 is 0 Å². The summed E-state index contributed by atoms with van der Waals surface area (Å²) in [5, 5.41) is 0. The molecule has 0 saturated heterocycles. The first-order chi connectivity index (χ1) is 6.29. The quantitative estimate of drug-likeness (QED) is 0.751. The van der Waals surface area contributed by atoms with Crippen LogP contribution in [0.5, 0.6) is 0 Å². The number of hydrogen-bond donors (Lipinski definition) is 1. The molecule has 1 aromatic heterocycles. The number of nitrogens with zero attached hydrogens (tertiary/aromatic N) is 1. The van der Waals surface area contributed by atoms with Crippen LogP contribution in [0.4, 0.5) is 5.69 Å². The smallest absolute Gasteiger partial charge is 0.0782 e. The zero-order chi connectivity index (χ0) is 9.26. The van der Waals surface area contributed by atoms with Gasteiger partial charge < -0.3 is 5.73 Å². The summed E-state index contributed by atoms with van der Waals surface area (Å²) in [6.45, 7) is 2.08. The molecule has 2 nitrogen and oxygen atoms in total. The van der Waals surface area contributed by atoms with E-state index in [9.17, 15) is 0 Å². The molecule has 1 aromatic carbocycles. The Morgan fingerprint density at radius 2 is 2.08 bits per heavy atom. The van der Waals surface area contributed by atoms with Crippen molar-refractivity contribution in [2.24, 2.45) is 0 Å². The Labute approximate surface area is 81.2 Å². The average Bonchev–Trinajstić information content (AvgIpc) is 2.52. The van der Waals surface area contributed by atoms with Gasteiger partial charge in [-0.1, -0.05) is 24.3 Å². The third-order valence-electron chi connectivity index (χ3n) is 1.99. The molecular formula is C10H10N2S. The maximum Gasteiger partial charge on any atom is 0.0782 e. The van der Waals surface area contributed by atoms with Crippen LogP contribution in [0.15, 0.2) is 30.5 Å².